The Kier molecular flexibility index (Phi) is 4.52. The molecule has 0 unspecified atom stereocenters. The van der Waals surface area contributed by atoms with Crippen LogP contribution in [-0.2, 0) is 10.0 Å². The number of aromatic nitrogens is 1. The maximum atomic E-state index is 12.6. The summed E-state index contributed by atoms with van der Waals surface area (Å²) in [4.78, 5) is 0.146. The average Bonchev–Trinajstić information content (AvgIpc) is 2.99. The zero-order chi connectivity index (χ0) is 17.0. The van der Waals surface area contributed by atoms with Gasteiger partial charge in [0.15, 0.2) is 5.69 Å². The summed E-state index contributed by atoms with van der Waals surface area (Å²) < 4.78 is 38.3. The molecule has 0 aliphatic rings. The van der Waals surface area contributed by atoms with Crippen LogP contribution in [0.3, 0.4) is 0 Å². The van der Waals surface area contributed by atoms with E-state index in [4.69, 9.17) is 9.26 Å². The number of hydrogen-bond donors (Lipinski definition) is 1. The molecule has 0 aliphatic carbocycles. The molecule has 0 radical (unpaired) electrons. The molecule has 0 saturated carbocycles. The largest absolute Gasteiger partial charge is 0.463 e. The molecule has 7 heteroatoms. The first kappa shape index (κ1) is 16.1. The van der Waals surface area contributed by atoms with Crippen LogP contribution in [0.2, 0.25) is 0 Å². The lowest BCUT2D eigenvalue weighted by Gasteiger charge is -2.09. The van der Waals surface area contributed by atoms with Crippen molar-refractivity contribution in [1.29, 1.82) is 0 Å². The Morgan fingerprint density at radius 1 is 1.04 bits per heavy atom. The second-order valence-electron chi connectivity index (χ2n) is 4.91. The summed E-state index contributed by atoms with van der Waals surface area (Å²) in [6, 6.07) is 17.2. The minimum Gasteiger partial charge on any atom is -0.463 e. The fraction of sp³-hybridized carbons (Fsp3) is 0.118. The zero-order valence-corrected chi connectivity index (χ0v) is 13.8. The molecule has 3 rings (SSSR count). The van der Waals surface area contributed by atoms with Gasteiger partial charge in [0.25, 0.3) is 10.0 Å². The first-order valence-corrected chi connectivity index (χ1v) is 8.86. The lowest BCUT2D eigenvalue weighted by atomic mass is 10.1. The van der Waals surface area contributed by atoms with Gasteiger partial charge in [0.1, 0.15) is 5.69 Å². The van der Waals surface area contributed by atoms with Crippen molar-refractivity contribution in [2.24, 2.45) is 0 Å². The van der Waals surface area contributed by atoms with Crippen molar-refractivity contribution in [3.05, 3.63) is 60.7 Å². The maximum absolute atomic E-state index is 12.6. The van der Waals surface area contributed by atoms with Crippen LogP contribution in [-0.4, -0.2) is 20.2 Å². The summed E-state index contributed by atoms with van der Waals surface area (Å²) in [7, 11) is -3.78. The van der Waals surface area contributed by atoms with Gasteiger partial charge in [0, 0.05) is 5.56 Å². The molecule has 124 valence electrons. The van der Waals surface area contributed by atoms with Gasteiger partial charge in [-0.25, -0.2) is 8.42 Å². The van der Waals surface area contributed by atoms with Crippen molar-refractivity contribution >= 4 is 15.7 Å². The Morgan fingerprint density at radius 3 is 2.29 bits per heavy atom. The minimum absolute atomic E-state index is 0.0378. The van der Waals surface area contributed by atoms with E-state index in [1.54, 1.807) is 25.1 Å². The van der Waals surface area contributed by atoms with Crippen molar-refractivity contribution in [3.63, 3.8) is 0 Å². The van der Waals surface area contributed by atoms with Crippen LogP contribution in [0.4, 0.5) is 5.69 Å². The quantitative estimate of drug-likeness (QED) is 0.739. The van der Waals surface area contributed by atoms with Gasteiger partial charge in [-0.15, -0.1) is 0 Å². The van der Waals surface area contributed by atoms with Crippen LogP contribution in [0.5, 0.6) is 5.95 Å². The smallest absolute Gasteiger partial charge is 0.336 e. The van der Waals surface area contributed by atoms with Gasteiger partial charge in [-0.1, -0.05) is 53.7 Å². The lowest BCUT2D eigenvalue weighted by Crippen LogP contribution is -2.13. The van der Waals surface area contributed by atoms with E-state index in [0.717, 1.165) is 5.56 Å². The summed E-state index contributed by atoms with van der Waals surface area (Å²) in [5, 5.41) is 3.96. The highest BCUT2D eigenvalue weighted by molar-refractivity contribution is 7.92. The molecule has 0 saturated heterocycles. The number of ether oxygens (including phenoxy) is 1. The van der Waals surface area contributed by atoms with E-state index >= 15 is 0 Å². The molecule has 3 aromatic rings. The highest BCUT2D eigenvalue weighted by Gasteiger charge is 2.24. The topological polar surface area (TPSA) is 81.4 Å². The number of hydrogen-bond acceptors (Lipinski definition) is 5. The summed E-state index contributed by atoms with van der Waals surface area (Å²) in [6.45, 7) is 2.10. The third kappa shape index (κ3) is 3.26. The van der Waals surface area contributed by atoms with E-state index in [-0.39, 0.29) is 16.5 Å². The molecule has 0 spiro atoms. The van der Waals surface area contributed by atoms with Gasteiger partial charge < -0.3 is 9.26 Å². The van der Waals surface area contributed by atoms with Gasteiger partial charge in [0.05, 0.1) is 11.5 Å². The summed E-state index contributed by atoms with van der Waals surface area (Å²) in [5.41, 5.74) is 1.28. The Bertz CT molecular complexity index is 906. The van der Waals surface area contributed by atoms with E-state index in [1.165, 1.54) is 12.1 Å². The predicted octanol–water partition coefficient (Wildman–Crippen LogP) is 3.54. The van der Waals surface area contributed by atoms with Crippen LogP contribution in [0.25, 0.3) is 11.3 Å². The highest BCUT2D eigenvalue weighted by Crippen LogP contribution is 2.37. The standard InChI is InChI=1S/C17H16N2O4S/c1-2-22-17-16(15(18-23-17)13-9-5-3-6-10-13)19-24(20,21)14-11-7-4-8-12-14/h3-12,19H,2H2,1H3. The molecule has 0 bridgehead atoms. The molecule has 1 heterocycles. The molecular weight excluding hydrogens is 328 g/mol. The van der Waals surface area contributed by atoms with Crippen molar-refractivity contribution in [3.8, 4) is 17.2 Å². The SMILES string of the molecule is CCOc1onc(-c2ccccc2)c1NS(=O)(=O)c1ccccc1. The van der Waals surface area contributed by atoms with Crippen molar-refractivity contribution in [2.75, 3.05) is 11.3 Å². The second-order valence-corrected chi connectivity index (χ2v) is 6.59. The van der Waals surface area contributed by atoms with Gasteiger partial charge in [-0.2, -0.15) is 0 Å². The van der Waals surface area contributed by atoms with Crippen LogP contribution in [0.15, 0.2) is 70.1 Å². The Balaban J connectivity index is 2.05. The van der Waals surface area contributed by atoms with Crippen LogP contribution in [0.1, 0.15) is 6.92 Å². The van der Waals surface area contributed by atoms with Gasteiger partial charge in [-0.3, -0.25) is 4.72 Å². The molecule has 0 fully saturated rings. The number of nitrogens with zero attached hydrogens (tertiary/aromatic N) is 1. The predicted molar refractivity (Wildman–Crippen MR) is 90.4 cm³/mol. The molecule has 1 aromatic heterocycles. The maximum Gasteiger partial charge on any atom is 0.336 e. The molecule has 1 N–H and O–H groups in total. The second kappa shape index (κ2) is 6.76. The molecule has 0 aliphatic heterocycles. The number of nitrogens with one attached hydrogen (secondary N) is 1. The highest BCUT2D eigenvalue weighted by atomic mass is 32.2. The van der Waals surface area contributed by atoms with Crippen LogP contribution < -0.4 is 9.46 Å². The van der Waals surface area contributed by atoms with Crippen molar-refractivity contribution in [2.45, 2.75) is 11.8 Å². The summed E-state index contributed by atoms with van der Waals surface area (Å²) in [5.74, 6) is 0.0378. The number of rotatable bonds is 6. The zero-order valence-electron chi connectivity index (χ0n) is 13.0. The monoisotopic (exact) mass is 344 g/mol. The van der Waals surface area contributed by atoms with E-state index in [0.29, 0.717) is 12.3 Å². The molecule has 0 amide bonds. The summed E-state index contributed by atoms with van der Waals surface area (Å²) >= 11 is 0. The molecule has 24 heavy (non-hydrogen) atoms. The number of benzene rings is 2. The first-order chi connectivity index (χ1) is 11.6. The van der Waals surface area contributed by atoms with Gasteiger partial charge in [0.2, 0.25) is 0 Å². The molecule has 2 aromatic carbocycles. The van der Waals surface area contributed by atoms with Gasteiger partial charge >= 0.3 is 5.95 Å². The Hall–Kier alpha value is -2.80. The number of anilines is 1. The van der Waals surface area contributed by atoms with E-state index in [2.05, 4.69) is 9.88 Å². The molecule has 0 atom stereocenters. The fourth-order valence-electron chi connectivity index (χ4n) is 2.18. The number of sulfonamides is 1. The van der Waals surface area contributed by atoms with Crippen molar-refractivity contribution < 1.29 is 17.7 Å². The fourth-order valence-corrected chi connectivity index (χ4v) is 3.26. The molecule has 6 nitrogen and oxygen atoms in total. The molecular formula is C17H16N2O4S. The minimum atomic E-state index is -3.78. The Labute approximate surface area is 140 Å². The third-order valence-electron chi connectivity index (χ3n) is 3.27. The van der Waals surface area contributed by atoms with E-state index in [9.17, 15) is 8.42 Å². The third-order valence-corrected chi connectivity index (χ3v) is 4.64. The average molecular weight is 344 g/mol. The summed E-state index contributed by atoms with van der Waals surface area (Å²) in [6.07, 6.45) is 0. The Morgan fingerprint density at radius 2 is 1.67 bits per heavy atom. The van der Waals surface area contributed by atoms with Gasteiger partial charge in [-0.05, 0) is 19.1 Å². The van der Waals surface area contributed by atoms with Crippen LogP contribution in [0, 0.1) is 0 Å². The van der Waals surface area contributed by atoms with Crippen molar-refractivity contribution in [1.82, 2.24) is 5.16 Å². The van der Waals surface area contributed by atoms with Crippen LogP contribution >= 0.6 is 0 Å². The van der Waals surface area contributed by atoms with E-state index in [1.807, 2.05) is 30.3 Å². The first-order valence-electron chi connectivity index (χ1n) is 7.37. The van der Waals surface area contributed by atoms with E-state index < -0.39 is 10.0 Å². The lowest BCUT2D eigenvalue weighted by molar-refractivity contribution is 0.227. The normalized spacial score (nSPS) is 11.2.